The summed E-state index contributed by atoms with van der Waals surface area (Å²) in [7, 11) is 0. The van der Waals surface area contributed by atoms with Crippen LogP contribution in [0.4, 0.5) is 17.1 Å². The van der Waals surface area contributed by atoms with Crippen LogP contribution in [0.15, 0.2) is 249 Å². The normalized spacial score (nSPS) is 12.4. The molecule has 0 fully saturated rings. The summed E-state index contributed by atoms with van der Waals surface area (Å²) < 4.78 is 2.45. The summed E-state index contributed by atoms with van der Waals surface area (Å²) in [5.41, 5.74) is 16.9. The molecule has 0 atom stereocenters. The number of rotatable bonds is 7. The third-order valence-electron chi connectivity index (χ3n) is 14.8. The summed E-state index contributed by atoms with van der Waals surface area (Å²) in [4.78, 5) is 2.41. The molecule has 2 nitrogen and oxygen atoms in total. The topological polar surface area (TPSA) is 8.17 Å². The predicted molar refractivity (Wildman–Crippen MR) is 299 cm³/mol. The zero-order valence-electron chi connectivity index (χ0n) is 38.6. The Hall–Kier alpha value is -8.98. The second-order valence-electron chi connectivity index (χ2n) is 18.7. The molecule has 12 aromatic carbocycles. The minimum Gasteiger partial charge on any atom is -0.310 e. The van der Waals surface area contributed by atoms with Gasteiger partial charge in [0.05, 0.1) is 11.0 Å². The third-order valence-corrected chi connectivity index (χ3v) is 14.8. The standard InChI is InChI=1S/C68H46N2/c1-2-18-53(19-3-1)70-66-27-13-26-60(67(66)64-41-34-47-15-5-9-23-61(47)68(64)70)50-17-12-20-56(43-50)69(54-36-30-45(31-37-54)49-35-40-59-52(42-49)29-28-46-14-4-7-21-57(46)59)55-38-32-48(33-39-55)65-44-51-16-6-8-22-58(51)62-24-10-11-25-63(62)65/h1-3,5-13,15-44H,4,14H2. The molecule has 2 heteroatoms. The summed E-state index contributed by atoms with van der Waals surface area (Å²) in [5.74, 6) is 0. The van der Waals surface area contributed by atoms with Crippen molar-refractivity contribution in [2.75, 3.05) is 4.90 Å². The van der Waals surface area contributed by atoms with E-state index in [4.69, 9.17) is 0 Å². The number of hydrogen-bond acceptors (Lipinski definition) is 1. The van der Waals surface area contributed by atoms with Crippen molar-refractivity contribution in [3.05, 3.63) is 260 Å². The molecule has 1 aliphatic carbocycles. The molecule has 0 spiro atoms. The lowest BCUT2D eigenvalue weighted by atomic mass is 9.91. The van der Waals surface area contributed by atoms with Gasteiger partial charge in [-0.3, -0.25) is 0 Å². The highest BCUT2D eigenvalue weighted by Crippen LogP contribution is 2.45. The van der Waals surface area contributed by atoms with Crippen LogP contribution in [-0.4, -0.2) is 4.57 Å². The van der Waals surface area contributed by atoms with Crippen LogP contribution in [0.3, 0.4) is 0 Å². The van der Waals surface area contributed by atoms with Gasteiger partial charge in [0.15, 0.2) is 0 Å². The average Bonchev–Trinajstić information content (AvgIpc) is 3.79. The van der Waals surface area contributed by atoms with Gasteiger partial charge >= 0.3 is 0 Å². The molecule has 0 saturated heterocycles. The zero-order valence-corrected chi connectivity index (χ0v) is 38.6. The van der Waals surface area contributed by atoms with Gasteiger partial charge in [0.2, 0.25) is 0 Å². The Labute approximate surface area is 407 Å². The van der Waals surface area contributed by atoms with Crippen LogP contribution in [-0.2, 0) is 6.42 Å². The van der Waals surface area contributed by atoms with Crippen molar-refractivity contribution >= 4 is 88.0 Å². The van der Waals surface area contributed by atoms with Gasteiger partial charge in [-0.25, -0.2) is 0 Å². The van der Waals surface area contributed by atoms with Crippen molar-refractivity contribution in [1.82, 2.24) is 4.57 Å². The highest BCUT2D eigenvalue weighted by molar-refractivity contribution is 6.22. The lowest BCUT2D eigenvalue weighted by molar-refractivity contribution is 0.990. The predicted octanol–water partition coefficient (Wildman–Crippen LogP) is 18.8. The number of para-hydroxylation sites is 1. The van der Waals surface area contributed by atoms with E-state index in [0.717, 1.165) is 41.2 Å². The first kappa shape index (κ1) is 40.1. The van der Waals surface area contributed by atoms with Gasteiger partial charge < -0.3 is 9.47 Å². The van der Waals surface area contributed by atoms with Gasteiger partial charge in [0.1, 0.15) is 0 Å². The summed E-state index contributed by atoms with van der Waals surface area (Å²) in [5, 5.41) is 12.6. The van der Waals surface area contributed by atoms with E-state index in [9.17, 15) is 0 Å². The van der Waals surface area contributed by atoms with Crippen LogP contribution in [0.5, 0.6) is 0 Å². The number of nitrogens with zero attached hydrogens (tertiary/aromatic N) is 2. The van der Waals surface area contributed by atoms with Gasteiger partial charge in [-0.05, 0) is 162 Å². The zero-order chi connectivity index (χ0) is 46.1. The molecular weight excluding hydrogens is 845 g/mol. The lowest BCUT2D eigenvalue weighted by Gasteiger charge is -2.26. The van der Waals surface area contributed by atoms with Crippen LogP contribution in [0.25, 0.3) is 110 Å². The van der Waals surface area contributed by atoms with Crippen LogP contribution in [0, 0.1) is 0 Å². The molecule has 328 valence electrons. The molecule has 0 N–H and O–H groups in total. The molecule has 0 amide bonds. The molecule has 1 aromatic heterocycles. The number of aryl methyl sites for hydroxylation is 1. The van der Waals surface area contributed by atoms with Crippen molar-refractivity contribution in [2.24, 2.45) is 0 Å². The fraction of sp³-hybridized carbons (Fsp3) is 0.0294. The van der Waals surface area contributed by atoms with Crippen molar-refractivity contribution in [2.45, 2.75) is 12.8 Å². The molecule has 1 heterocycles. The average molecular weight is 891 g/mol. The monoisotopic (exact) mass is 890 g/mol. The maximum absolute atomic E-state index is 2.45. The minimum absolute atomic E-state index is 1.09. The molecule has 70 heavy (non-hydrogen) atoms. The van der Waals surface area contributed by atoms with E-state index in [1.807, 2.05) is 0 Å². The Morgan fingerprint density at radius 3 is 1.84 bits per heavy atom. The number of aromatic nitrogens is 1. The van der Waals surface area contributed by atoms with Crippen molar-refractivity contribution < 1.29 is 0 Å². The summed E-state index contributed by atoms with van der Waals surface area (Å²) in [6.45, 7) is 0. The van der Waals surface area contributed by atoms with E-state index in [2.05, 4.69) is 264 Å². The van der Waals surface area contributed by atoms with E-state index in [0.29, 0.717) is 0 Å². The van der Waals surface area contributed by atoms with Crippen molar-refractivity contribution in [1.29, 1.82) is 0 Å². The molecule has 14 rings (SSSR count). The number of hydrogen-bond donors (Lipinski definition) is 0. The summed E-state index contributed by atoms with van der Waals surface area (Å²) in [6, 6.07) is 89.8. The molecule has 0 bridgehead atoms. The van der Waals surface area contributed by atoms with Gasteiger partial charge in [-0.1, -0.05) is 188 Å². The Kier molecular flexibility index (Phi) is 9.38. The third kappa shape index (κ3) is 6.56. The highest BCUT2D eigenvalue weighted by atomic mass is 15.1. The number of anilines is 3. The number of benzene rings is 12. The van der Waals surface area contributed by atoms with Crippen LogP contribution in [0.1, 0.15) is 17.5 Å². The van der Waals surface area contributed by atoms with Gasteiger partial charge in [0, 0.05) is 38.9 Å². The van der Waals surface area contributed by atoms with E-state index >= 15 is 0 Å². The molecule has 0 saturated carbocycles. The quantitative estimate of drug-likeness (QED) is 0.145. The Morgan fingerprint density at radius 2 is 1.01 bits per heavy atom. The van der Waals surface area contributed by atoms with E-state index in [1.165, 1.54) is 104 Å². The van der Waals surface area contributed by atoms with Crippen molar-refractivity contribution in [3.8, 4) is 39.1 Å². The molecule has 0 unspecified atom stereocenters. The molecule has 13 aromatic rings. The molecular formula is C68H46N2. The Morgan fingerprint density at radius 1 is 0.357 bits per heavy atom. The second kappa shape index (κ2) is 16.4. The molecule has 0 aliphatic heterocycles. The maximum atomic E-state index is 2.45. The first-order valence-corrected chi connectivity index (χ1v) is 24.5. The van der Waals surface area contributed by atoms with Crippen molar-refractivity contribution in [3.63, 3.8) is 0 Å². The smallest absolute Gasteiger partial charge is 0.0619 e. The Bertz CT molecular complexity index is 4210. The van der Waals surface area contributed by atoms with Crippen LogP contribution < -0.4 is 4.90 Å². The maximum Gasteiger partial charge on any atom is 0.0619 e. The molecule has 0 radical (unpaired) electrons. The number of fused-ring (bicyclic) bond motifs is 11. The van der Waals surface area contributed by atoms with E-state index < -0.39 is 0 Å². The van der Waals surface area contributed by atoms with Crippen LogP contribution >= 0.6 is 0 Å². The fourth-order valence-electron chi connectivity index (χ4n) is 11.5. The van der Waals surface area contributed by atoms with Gasteiger partial charge in [-0.15, -0.1) is 0 Å². The van der Waals surface area contributed by atoms with Gasteiger partial charge in [-0.2, -0.15) is 0 Å². The van der Waals surface area contributed by atoms with E-state index in [1.54, 1.807) is 0 Å². The summed E-state index contributed by atoms with van der Waals surface area (Å²) in [6.07, 6.45) is 6.84. The van der Waals surface area contributed by atoms with E-state index in [-0.39, 0.29) is 0 Å². The lowest BCUT2D eigenvalue weighted by Crippen LogP contribution is -2.10. The molecule has 1 aliphatic rings. The Balaban J connectivity index is 0.918. The SMILES string of the molecule is C1=Cc2c(ccc3cc(-c4ccc(N(c5ccc(-c6cc7ccccc7c7ccccc67)cc5)c5cccc(-c6cccc7c6c6ccc8ccccc8c6n7-c6ccccc6)c5)cc4)ccc23)CC1. The largest absolute Gasteiger partial charge is 0.310 e. The number of allylic oxidation sites excluding steroid dienone is 1. The summed E-state index contributed by atoms with van der Waals surface area (Å²) >= 11 is 0. The highest BCUT2D eigenvalue weighted by Gasteiger charge is 2.21. The second-order valence-corrected chi connectivity index (χ2v) is 18.7. The first-order valence-electron chi connectivity index (χ1n) is 24.5. The van der Waals surface area contributed by atoms with Crippen LogP contribution in [0.2, 0.25) is 0 Å². The minimum atomic E-state index is 1.09. The first-order chi connectivity index (χ1) is 34.7. The van der Waals surface area contributed by atoms with Gasteiger partial charge in [0.25, 0.3) is 0 Å². The fourth-order valence-corrected chi connectivity index (χ4v) is 11.5.